The van der Waals surface area contributed by atoms with Crippen LogP contribution in [0.2, 0.25) is 0 Å². The van der Waals surface area contributed by atoms with Crippen LogP contribution >= 0.6 is 7.60 Å². The lowest BCUT2D eigenvalue weighted by Crippen LogP contribution is -2.15. The van der Waals surface area contributed by atoms with Crippen LogP contribution in [-0.2, 0) is 20.0 Å². The molecule has 1 aromatic rings. The van der Waals surface area contributed by atoms with Crippen molar-refractivity contribution in [1.82, 2.24) is 0 Å². The molecule has 0 saturated carbocycles. The van der Waals surface area contributed by atoms with Crippen molar-refractivity contribution in [3.05, 3.63) is 35.4 Å². The maximum absolute atomic E-state index is 12.5. The SMILES string of the molecule is CCOP(=O)(OCC)[C@H](N)c1ccc(CC)cc1. The molecule has 102 valence electrons. The van der Waals surface area contributed by atoms with Crippen molar-refractivity contribution < 1.29 is 13.6 Å². The summed E-state index contributed by atoms with van der Waals surface area (Å²) in [5.41, 5.74) is 8.02. The van der Waals surface area contributed by atoms with E-state index in [9.17, 15) is 4.57 Å². The molecule has 0 radical (unpaired) electrons. The van der Waals surface area contributed by atoms with Gasteiger partial charge in [0, 0.05) is 0 Å². The average molecular weight is 271 g/mol. The third kappa shape index (κ3) is 3.66. The molecule has 0 heterocycles. The van der Waals surface area contributed by atoms with E-state index in [-0.39, 0.29) is 0 Å². The Labute approximate surface area is 109 Å². The van der Waals surface area contributed by atoms with Crippen LogP contribution in [0.4, 0.5) is 0 Å². The van der Waals surface area contributed by atoms with Gasteiger partial charge in [0.15, 0.2) is 0 Å². The van der Waals surface area contributed by atoms with Crippen molar-refractivity contribution in [1.29, 1.82) is 0 Å². The highest BCUT2D eigenvalue weighted by Crippen LogP contribution is 2.58. The smallest absolute Gasteiger partial charge is 0.314 e. The molecule has 0 saturated heterocycles. The Morgan fingerprint density at radius 3 is 2.00 bits per heavy atom. The van der Waals surface area contributed by atoms with Crippen LogP contribution in [0.15, 0.2) is 24.3 Å². The Bertz CT molecular complexity index is 395. The number of nitrogens with two attached hydrogens (primary N) is 1. The lowest BCUT2D eigenvalue weighted by Gasteiger charge is -2.23. The molecular formula is C13H22NO3P. The van der Waals surface area contributed by atoms with Gasteiger partial charge in [-0.05, 0) is 31.4 Å². The Hall–Kier alpha value is -0.670. The van der Waals surface area contributed by atoms with E-state index in [0.29, 0.717) is 13.2 Å². The standard InChI is InChI=1S/C13H22NO3P/c1-4-11-7-9-12(10-8-11)13(14)18(15,16-5-2)17-6-3/h7-10,13H,4-6,14H2,1-3H3/t13-/m0/s1. The molecule has 1 atom stereocenters. The molecule has 0 aliphatic carbocycles. The molecule has 0 aromatic heterocycles. The molecule has 18 heavy (non-hydrogen) atoms. The zero-order valence-corrected chi connectivity index (χ0v) is 12.2. The predicted molar refractivity (Wildman–Crippen MR) is 73.6 cm³/mol. The van der Waals surface area contributed by atoms with Crippen molar-refractivity contribution >= 4 is 7.60 Å². The highest BCUT2D eigenvalue weighted by Gasteiger charge is 2.33. The van der Waals surface area contributed by atoms with E-state index in [1.165, 1.54) is 5.56 Å². The number of hydrogen-bond acceptors (Lipinski definition) is 4. The van der Waals surface area contributed by atoms with Gasteiger partial charge in [-0.1, -0.05) is 31.2 Å². The molecule has 1 aromatic carbocycles. The lowest BCUT2D eigenvalue weighted by atomic mass is 10.1. The van der Waals surface area contributed by atoms with Gasteiger partial charge in [0.1, 0.15) is 5.78 Å². The molecule has 0 fully saturated rings. The number of aryl methyl sites for hydroxylation is 1. The molecule has 0 bridgehead atoms. The minimum atomic E-state index is -3.28. The minimum Gasteiger partial charge on any atom is -0.314 e. The topological polar surface area (TPSA) is 61.5 Å². The Kier molecular flexibility index (Phi) is 6.03. The molecule has 1 rings (SSSR count). The van der Waals surface area contributed by atoms with Gasteiger partial charge in [-0.15, -0.1) is 0 Å². The van der Waals surface area contributed by atoms with Gasteiger partial charge in [-0.25, -0.2) is 0 Å². The Morgan fingerprint density at radius 1 is 1.11 bits per heavy atom. The van der Waals surface area contributed by atoms with E-state index in [4.69, 9.17) is 14.8 Å². The molecule has 0 aliphatic rings. The van der Waals surface area contributed by atoms with E-state index in [0.717, 1.165) is 12.0 Å². The second-order valence-corrected chi connectivity index (χ2v) is 6.07. The Balaban J connectivity index is 2.94. The summed E-state index contributed by atoms with van der Waals surface area (Å²) in [6, 6.07) is 7.73. The molecule has 4 nitrogen and oxygen atoms in total. The van der Waals surface area contributed by atoms with Crippen LogP contribution in [0.25, 0.3) is 0 Å². The highest BCUT2D eigenvalue weighted by molar-refractivity contribution is 7.54. The summed E-state index contributed by atoms with van der Waals surface area (Å²) >= 11 is 0. The van der Waals surface area contributed by atoms with Gasteiger partial charge >= 0.3 is 7.60 Å². The first-order chi connectivity index (χ1) is 8.57. The second kappa shape index (κ2) is 7.05. The third-order valence-corrected chi connectivity index (χ3v) is 4.90. The minimum absolute atomic E-state index is 0.317. The van der Waals surface area contributed by atoms with Crippen LogP contribution in [0, 0.1) is 0 Å². The largest absolute Gasteiger partial charge is 0.351 e. The monoisotopic (exact) mass is 271 g/mol. The quantitative estimate of drug-likeness (QED) is 0.771. The fourth-order valence-corrected chi connectivity index (χ4v) is 3.34. The van der Waals surface area contributed by atoms with Gasteiger partial charge in [-0.3, -0.25) is 4.57 Å². The van der Waals surface area contributed by atoms with Crippen molar-refractivity contribution in [2.24, 2.45) is 5.73 Å². The summed E-state index contributed by atoms with van der Waals surface area (Å²) in [5, 5.41) is 0. The van der Waals surface area contributed by atoms with Gasteiger partial charge in [0.25, 0.3) is 0 Å². The number of hydrogen-bond donors (Lipinski definition) is 1. The zero-order valence-electron chi connectivity index (χ0n) is 11.3. The summed E-state index contributed by atoms with van der Waals surface area (Å²) in [7, 11) is -3.28. The van der Waals surface area contributed by atoms with E-state index in [1.54, 1.807) is 13.8 Å². The van der Waals surface area contributed by atoms with Crippen LogP contribution in [0.1, 0.15) is 37.7 Å². The average Bonchev–Trinajstić information content (AvgIpc) is 2.38. The lowest BCUT2D eigenvalue weighted by molar-refractivity contribution is 0.212. The van der Waals surface area contributed by atoms with Crippen molar-refractivity contribution in [3.63, 3.8) is 0 Å². The Morgan fingerprint density at radius 2 is 1.61 bits per heavy atom. The zero-order chi connectivity index (χ0) is 13.6. The molecule has 0 spiro atoms. The summed E-state index contributed by atoms with van der Waals surface area (Å²) in [6.45, 7) is 6.27. The van der Waals surface area contributed by atoms with E-state index >= 15 is 0 Å². The van der Waals surface area contributed by atoms with Gasteiger partial charge < -0.3 is 14.8 Å². The van der Waals surface area contributed by atoms with Gasteiger partial charge in [0.2, 0.25) is 0 Å². The van der Waals surface area contributed by atoms with E-state index < -0.39 is 13.4 Å². The van der Waals surface area contributed by atoms with Crippen molar-refractivity contribution in [2.45, 2.75) is 33.0 Å². The summed E-state index contributed by atoms with van der Waals surface area (Å²) in [4.78, 5) is 0. The first-order valence-corrected chi connectivity index (χ1v) is 7.91. The molecule has 2 N–H and O–H groups in total. The van der Waals surface area contributed by atoms with E-state index in [2.05, 4.69) is 6.92 Å². The molecule has 5 heteroatoms. The fourth-order valence-electron chi connectivity index (χ4n) is 1.69. The molecule has 0 aliphatic heterocycles. The van der Waals surface area contributed by atoms with Crippen molar-refractivity contribution in [2.75, 3.05) is 13.2 Å². The highest BCUT2D eigenvalue weighted by atomic mass is 31.2. The fraction of sp³-hybridized carbons (Fsp3) is 0.538. The first-order valence-electron chi connectivity index (χ1n) is 6.30. The predicted octanol–water partition coefficient (Wildman–Crippen LogP) is 3.47. The summed E-state index contributed by atoms with van der Waals surface area (Å²) in [6.07, 6.45) is 0.962. The summed E-state index contributed by atoms with van der Waals surface area (Å²) < 4.78 is 23.0. The molecular weight excluding hydrogens is 249 g/mol. The van der Waals surface area contributed by atoms with Crippen LogP contribution in [0.5, 0.6) is 0 Å². The van der Waals surface area contributed by atoms with E-state index in [1.807, 2.05) is 24.3 Å². The first kappa shape index (κ1) is 15.4. The number of rotatable bonds is 7. The summed E-state index contributed by atoms with van der Waals surface area (Å²) in [5.74, 6) is -0.733. The maximum Gasteiger partial charge on any atom is 0.351 e. The van der Waals surface area contributed by atoms with Crippen LogP contribution < -0.4 is 5.73 Å². The molecule has 0 unspecified atom stereocenters. The van der Waals surface area contributed by atoms with Crippen LogP contribution in [-0.4, -0.2) is 13.2 Å². The molecule has 0 amide bonds. The van der Waals surface area contributed by atoms with Gasteiger partial charge in [0.05, 0.1) is 13.2 Å². The number of benzene rings is 1. The maximum atomic E-state index is 12.5. The normalized spacial score (nSPS) is 13.6. The van der Waals surface area contributed by atoms with Gasteiger partial charge in [-0.2, -0.15) is 0 Å². The third-order valence-electron chi connectivity index (χ3n) is 2.69. The van der Waals surface area contributed by atoms with Crippen molar-refractivity contribution in [3.8, 4) is 0 Å². The second-order valence-electron chi connectivity index (χ2n) is 3.92. The van der Waals surface area contributed by atoms with Crippen LogP contribution in [0.3, 0.4) is 0 Å².